The van der Waals surface area contributed by atoms with Gasteiger partial charge < -0.3 is 16.0 Å². The topological polar surface area (TPSA) is 75.4 Å². The lowest BCUT2D eigenvalue weighted by Crippen LogP contribution is -2.47. The summed E-state index contributed by atoms with van der Waals surface area (Å²) in [5.74, 6) is -0.156. The minimum atomic E-state index is -0.609. The molecule has 0 aliphatic carbocycles. The van der Waals surface area contributed by atoms with Gasteiger partial charge in [-0.15, -0.1) is 0 Å². The number of amides is 2. The Morgan fingerprint density at radius 3 is 2.35 bits per heavy atom. The van der Waals surface area contributed by atoms with E-state index in [0.29, 0.717) is 0 Å². The Balaban J connectivity index is 2.35. The van der Waals surface area contributed by atoms with Crippen LogP contribution in [0.1, 0.15) is 33.1 Å². The number of hydrogen-bond donors (Lipinski definition) is 2. The molecule has 5 heteroatoms. The van der Waals surface area contributed by atoms with Crippen LogP contribution in [0.4, 0.5) is 0 Å². The first kappa shape index (κ1) is 14.0. The smallest absolute Gasteiger partial charge is 0.241 e. The molecule has 3 N–H and O–H groups in total. The number of nitrogens with zero attached hydrogens (tertiary/aromatic N) is 1. The second-order valence-corrected chi connectivity index (χ2v) is 5.21. The lowest BCUT2D eigenvalue weighted by Gasteiger charge is -2.27. The van der Waals surface area contributed by atoms with Gasteiger partial charge in [0.05, 0.1) is 12.0 Å². The van der Waals surface area contributed by atoms with Gasteiger partial charge in [0.1, 0.15) is 0 Å². The van der Waals surface area contributed by atoms with Crippen molar-refractivity contribution in [1.82, 2.24) is 10.2 Å². The molecule has 5 nitrogen and oxygen atoms in total. The highest BCUT2D eigenvalue weighted by molar-refractivity contribution is 5.87. The molecule has 1 saturated heterocycles. The number of hydrogen-bond acceptors (Lipinski definition) is 3. The van der Waals surface area contributed by atoms with Gasteiger partial charge in [0, 0.05) is 19.6 Å². The highest BCUT2D eigenvalue weighted by atomic mass is 16.2. The first-order chi connectivity index (χ1) is 7.97. The summed E-state index contributed by atoms with van der Waals surface area (Å²) in [6.07, 6.45) is 3.32. The molecular weight excluding hydrogens is 218 g/mol. The lowest BCUT2D eigenvalue weighted by atomic mass is 9.93. The van der Waals surface area contributed by atoms with Crippen LogP contribution in [0.5, 0.6) is 0 Å². The molecule has 0 spiro atoms. The average Bonchev–Trinajstić information content (AvgIpc) is 2.36. The number of rotatable bonds is 4. The summed E-state index contributed by atoms with van der Waals surface area (Å²) in [6, 6.07) is 0. The van der Waals surface area contributed by atoms with Gasteiger partial charge in [-0.3, -0.25) is 9.59 Å². The molecule has 1 fully saturated rings. The second kappa shape index (κ2) is 6.00. The fourth-order valence-electron chi connectivity index (χ4n) is 1.74. The summed E-state index contributed by atoms with van der Waals surface area (Å²) in [7, 11) is 0. The zero-order valence-electron chi connectivity index (χ0n) is 10.8. The van der Waals surface area contributed by atoms with E-state index < -0.39 is 5.41 Å². The molecule has 0 bridgehead atoms. The van der Waals surface area contributed by atoms with Gasteiger partial charge in [0.2, 0.25) is 11.8 Å². The SMILES string of the molecule is CC(C)(CN)C(=O)NCC(=O)N1CCCCC1. The summed E-state index contributed by atoms with van der Waals surface area (Å²) in [4.78, 5) is 25.3. The first-order valence-electron chi connectivity index (χ1n) is 6.23. The van der Waals surface area contributed by atoms with E-state index in [-0.39, 0.29) is 24.9 Å². The van der Waals surface area contributed by atoms with Crippen LogP contribution in [0.3, 0.4) is 0 Å². The van der Waals surface area contributed by atoms with Crippen molar-refractivity contribution < 1.29 is 9.59 Å². The van der Waals surface area contributed by atoms with Crippen molar-refractivity contribution in [2.45, 2.75) is 33.1 Å². The highest BCUT2D eigenvalue weighted by Gasteiger charge is 2.26. The van der Waals surface area contributed by atoms with Gasteiger partial charge in [-0.2, -0.15) is 0 Å². The van der Waals surface area contributed by atoms with Crippen LogP contribution in [-0.2, 0) is 9.59 Å². The lowest BCUT2D eigenvalue weighted by molar-refractivity contribution is -0.135. The molecule has 17 heavy (non-hydrogen) atoms. The molecule has 1 aliphatic rings. The Kier molecular flexibility index (Phi) is 4.93. The molecule has 98 valence electrons. The molecule has 1 rings (SSSR count). The summed E-state index contributed by atoms with van der Waals surface area (Å²) >= 11 is 0. The third-order valence-electron chi connectivity index (χ3n) is 3.23. The number of carbonyl (C=O) groups is 2. The Morgan fingerprint density at radius 2 is 1.82 bits per heavy atom. The van der Waals surface area contributed by atoms with Crippen LogP contribution in [0.15, 0.2) is 0 Å². The molecule has 0 saturated carbocycles. The largest absolute Gasteiger partial charge is 0.347 e. The van der Waals surface area contributed by atoms with Crippen LogP contribution in [0, 0.1) is 5.41 Å². The fourth-order valence-corrected chi connectivity index (χ4v) is 1.74. The van der Waals surface area contributed by atoms with Crippen molar-refractivity contribution in [2.75, 3.05) is 26.2 Å². The number of piperidine rings is 1. The Hall–Kier alpha value is -1.10. The predicted octanol–water partition coefficient (Wildman–Crippen LogP) is 0.100. The van der Waals surface area contributed by atoms with Crippen LogP contribution < -0.4 is 11.1 Å². The van der Waals surface area contributed by atoms with Crippen molar-refractivity contribution >= 4 is 11.8 Å². The second-order valence-electron chi connectivity index (χ2n) is 5.21. The van der Waals surface area contributed by atoms with Crippen LogP contribution in [0.2, 0.25) is 0 Å². The zero-order chi connectivity index (χ0) is 12.9. The molecule has 0 unspecified atom stereocenters. The van der Waals surface area contributed by atoms with E-state index >= 15 is 0 Å². The van der Waals surface area contributed by atoms with Gasteiger partial charge in [-0.05, 0) is 33.1 Å². The van der Waals surface area contributed by atoms with E-state index in [1.165, 1.54) is 6.42 Å². The average molecular weight is 241 g/mol. The van der Waals surface area contributed by atoms with Crippen molar-refractivity contribution in [3.63, 3.8) is 0 Å². The zero-order valence-corrected chi connectivity index (χ0v) is 10.8. The maximum absolute atomic E-state index is 11.8. The third kappa shape index (κ3) is 4.00. The minimum Gasteiger partial charge on any atom is -0.347 e. The molecule has 0 atom stereocenters. The normalized spacial score (nSPS) is 16.8. The molecule has 1 aliphatic heterocycles. The van der Waals surface area contributed by atoms with Crippen LogP contribution in [0.25, 0.3) is 0 Å². The van der Waals surface area contributed by atoms with Gasteiger partial charge in [0.15, 0.2) is 0 Å². The summed E-state index contributed by atoms with van der Waals surface area (Å²) < 4.78 is 0. The van der Waals surface area contributed by atoms with Crippen molar-refractivity contribution in [3.8, 4) is 0 Å². The first-order valence-corrected chi connectivity index (χ1v) is 6.23. The van der Waals surface area contributed by atoms with Crippen molar-refractivity contribution in [3.05, 3.63) is 0 Å². The molecule has 0 aromatic rings. The summed E-state index contributed by atoms with van der Waals surface area (Å²) in [6.45, 7) is 5.53. The van der Waals surface area contributed by atoms with Gasteiger partial charge >= 0.3 is 0 Å². The fraction of sp³-hybridized carbons (Fsp3) is 0.833. The number of nitrogens with two attached hydrogens (primary N) is 1. The predicted molar refractivity (Wildman–Crippen MR) is 66.3 cm³/mol. The van der Waals surface area contributed by atoms with Crippen molar-refractivity contribution in [2.24, 2.45) is 11.1 Å². The molecular formula is C12H23N3O2. The molecule has 0 aromatic heterocycles. The standard InChI is InChI=1S/C12H23N3O2/c1-12(2,9-13)11(17)14-8-10(16)15-6-4-3-5-7-15/h3-9,13H2,1-2H3,(H,14,17). The van der Waals surface area contributed by atoms with E-state index in [4.69, 9.17) is 5.73 Å². The highest BCUT2D eigenvalue weighted by Crippen LogP contribution is 2.12. The number of carbonyl (C=O) groups excluding carboxylic acids is 2. The Morgan fingerprint density at radius 1 is 1.24 bits per heavy atom. The van der Waals surface area contributed by atoms with Crippen molar-refractivity contribution in [1.29, 1.82) is 0 Å². The van der Waals surface area contributed by atoms with E-state index in [0.717, 1.165) is 25.9 Å². The van der Waals surface area contributed by atoms with Gasteiger partial charge in [0.25, 0.3) is 0 Å². The summed E-state index contributed by atoms with van der Waals surface area (Å²) in [5, 5.41) is 2.66. The van der Waals surface area contributed by atoms with Crippen LogP contribution >= 0.6 is 0 Å². The quantitative estimate of drug-likeness (QED) is 0.733. The van der Waals surface area contributed by atoms with E-state index in [9.17, 15) is 9.59 Å². The molecule has 0 radical (unpaired) electrons. The van der Waals surface area contributed by atoms with E-state index in [2.05, 4.69) is 5.32 Å². The Labute approximate surface area is 103 Å². The third-order valence-corrected chi connectivity index (χ3v) is 3.23. The molecule has 1 heterocycles. The molecule has 2 amide bonds. The van der Waals surface area contributed by atoms with E-state index in [1.54, 1.807) is 13.8 Å². The van der Waals surface area contributed by atoms with Gasteiger partial charge in [-0.25, -0.2) is 0 Å². The van der Waals surface area contributed by atoms with Gasteiger partial charge in [-0.1, -0.05) is 0 Å². The van der Waals surface area contributed by atoms with E-state index in [1.807, 2.05) is 4.90 Å². The molecule has 0 aromatic carbocycles. The van der Waals surface area contributed by atoms with Crippen LogP contribution in [-0.4, -0.2) is 42.9 Å². The number of likely N-dealkylation sites (tertiary alicyclic amines) is 1. The maximum atomic E-state index is 11.8. The minimum absolute atomic E-state index is 0.00544. The Bertz CT molecular complexity index is 283. The maximum Gasteiger partial charge on any atom is 0.241 e. The summed E-state index contributed by atoms with van der Waals surface area (Å²) in [5.41, 5.74) is 4.89. The number of nitrogens with one attached hydrogen (secondary N) is 1. The monoisotopic (exact) mass is 241 g/mol.